The highest BCUT2D eigenvalue weighted by molar-refractivity contribution is 5.76. The van der Waals surface area contributed by atoms with Gasteiger partial charge in [0.25, 0.3) is 0 Å². The van der Waals surface area contributed by atoms with E-state index in [1.807, 2.05) is 24.3 Å². The van der Waals surface area contributed by atoms with Crippen LogP contribution in [-0.2, 0) is 0 Å². The summed E-state index contributed by atoms with van der Waals surface area (Å²) in [7, 11) is 0. The van der Waals surface area contributed by atoms with Crippen LogP contribution in [0.25, 0.3) is 11.0 Å². The van der Waals surface area contributed by atoms with E-state index in [2.05, 4.69) is 15.3 Å². The van der Waals surface area contributed by atoms with Crippen molar-refractivity contribution in [2.75, 3.05) is 0 Å². The van der Waals surface area contributed by atoms with Crippen molar-refractivity contribution in [3.8, 4) is 0 Å². The minimum Gasteiger partial charge on any atom is -0.400 e. The number of nitro groups is 1. The topological polar surface area (TPSA) is 99.3 Å². The van der Waals surface area contributed by atoms with Gasteiger partial charge in [-0.2, -0.15) is 0 Å². The predicted octanol–water partition coefficient (Wildman–Crippen LogP) is 1.81. The summed E-state index contributed by atoms with van der Waals surface area (Å²) in [6.07, 6.45) is 1.31. The van der Waals surface area contributed by atoms with Gasteiger partial charge in [0.15, 0.2) is 5.76 Å². The second kappa shape index (κ2) is 4.33. The van der Waals surface area contributed by atoms with E-state index < -0.39 is 4.92 Å². The van der Waals surface area contributed by atoms with Crippen molar-refractivity contribution in [3.63, 3.8) is 0 Å². The third-order valence-electron chi connectivity index (χ3n) is 2.36. The van der Waals surface area contributed by atoms with Gasteiger partial charge in [-0.1, -0.05) is 17.0 Å². The standard InChI is InChI=1S/C11H7N5O3/c17-15(18)11-6-5-8(19-11)7-12-16-13-9-3-1-2-4-10(9)14-16/h1-7H/b12-7+. The van der Waals surface area contributed by atoms with Crippen LogP contribution in [0.2, 0.25) is 0 Å². The quantitative estimate of drug-likeness (QED) is 0.404. The third-order valence-corrected chi connectivity index (χ3v) is 2.36. The molecule has 94 valence electrons. The zero-order valence-electron chi connectivity index (χ0n) is 9.50. The molecular formula is C11H7N5O3. The summed E-state index contributed by atoms with van der Waals surface area (Å²) in [4.78, 5) is 11.0. The van der Waals surface area contributed by atoms with Gasteiger partial charge < -0.3 is 4.42 Å². The van der Waals surface area contributed by atoms with Crippen LogP contribution in [0.3, 0.4) is 0 Å². The number of hydrogen-bond acceptors (Lipinski definition) is 6. The highest BCUT2D eigenvalue weighted by atomic mass is 16.6. The Morgan fingerprint density at radius 3 is 2.47 bits per heavy atom. The fourth-order valence-electron chi connectivity index (χ4n) is 1.52. The maximum atomic E-state index is 10.4. The molecule has 2 heterocycles. The van der Waals surface area contributed by atoms with Crippen molar-refractivity contribution in [1.82, 2.24) is 15.1 Å². The van der Waals surface area contributed by atoms with Crippen molar-refractivity contribution in [3.05, 3.63) is 52.3 Å². The van der Waals surface area contributed by atoms with Gasteiger partial charge in [-0.05, 0) is 18.2 Å². The van der Waals surface area contributed by atoms with Crippen molar-refractivity contribution < 1.29 is 9.34 Å². The van der Waals surface area contributed by atoms with Gasteiger partial charge in [0, 0.05) is 0 Å². The SMILES string of the molecule is O=[N+]([O-])c1ccc(/C=N/n2nc3ccccc3n2)o1. The fourth-order valence-corrected chi connectivity index (χ4v) is 1.52. The van der Waals surface area contributed by atoms with Crippen molar-refractivity contribution in [2.24, 2.45) is 5.10 Å². The summed E-state index contributed by atoms with van der Waals surface area (Å²) in [5, 5.41) is 22.6. The summed E-state index contributed by atoms with van der Waals surface area (Å²) < 4.78 is 4.92. The molecule has 19 heavy (non-hydrogen) atoms. The number of benzene rings is 1. The number of aromatic nitrogens is 3. The first kappa shape index (κ1) is 11.1. The van der Waals surface area contributed by atoms with Gasteiger partial charge in [-0.3, -0.25) is 10.1 Å². The largest absolute Gasteiger partial charge is 0.433 e. The Morgan fingerprint density at radius 2 is 1.89 bits per heavy atom. The molecule has 8 heteroatoms. The van der Waals surface area contributed by atoms with Crippen LogP contribution in [0.15, 0.2) is 45.9 Å². The Kier molecular flexibility index (Phi) is 2.53. The lowest BCUT2D eigenvalue weighted by atomic mass is 10.3. The zero-order chi connectivity index (χ0) is 13.2. The second-order valence-corrected chi connectivity index (χ2v) is 3.63. The lowest BCUT2D eigenvalue weighted by Crippen LogP contribution is -1.94. The molecule has 0 bridgehead atoms. The van der Waals surface area contributed by atoms with E-state index in [0.29, 0.717) is 11.0 Å². The van der Waals surface area contributed by atoms with Gasteiger partial charge >= 0.3 is 5.88 Å². The van der Waals surface area contributed by atoms with Gasteiger partial charge in [-0.15, -0.1) is 15.3 Å². The molecule has 0 aliphatic heterocycles. The van der Waals surface area contributed by atoms with E-state index in [-0.39, 0.29) is 11.6 Å². The van der Waals surface area contributed by atoms with Crippen molar-refractivity contribution in [1.29, 1.82) is 0 Å². The molecule has 0 saturated heterocycles. The Hall–Kier alpha value is -3.03. The van der Waals surface area contributed by atoms with Crippen molar-refractivity contribution in [2.45, 2.75) is 0 Å². The molecule has 0 unspecified atom stereocenters. The summed E-state index contributed by atoms with van der Waals surface area (Å²) >= 11 is 0. The van der Waals surface area contributed by atoms with E-state index in [9.17, 15) is 10.1 Å². The van der Waals surface area contributed by atoms with Gasteiger partial charge in [0.2, 0.25) is 0 Å². The highest BCUT2D eigenvalue weighted by Crippen LogP contribution is 2.14. The molecule has 0 atom stereocenters. The molecule has 3 rings (SSSR count). The monoisotopic (exact) mass is 257 g/mol. The van der Waals surface area contributed by atoms with Crippen LogP contribution >= 0.6 is 0 Å². The minimum atomic E-state index is -0.613. The van der Waals surface area contributed by atoms with Crippen molar-refractivity contribution >= 4 is 23.1 Å². The molecule has 0 saturated carbocycles. The number of furan rings is 1. The maximum Gasteiger partial charge on any atom is 0.433 e. The Balaban J connectivity index is 1.86. The molecule has 0 amide bonds. The summed E-state index contributed by atoms with van der Waals surface area (Å²) in [6, 6.07) is 10.0. The molecule has 0 fully saturated rings. The van der Waals surface area contributed by atoms with E-state index in [0.717, 1.165) is 4.91 Å². The summed E-state index contributed by atoms with van der Waals surface area (Å²) in [5.74, 6) is -0.0758. The minimum absolute atomic E-state index is 0.257. The smallest absolute Gasteiger partial charge is 0.400 e. The summed E-state index contributed by atoms with van der Waals surface area (Å²) in [6.45, 7) is 0. The average Bonchev–Trinajstić information content (AvgIpc) is 3.02. The third kappa shape index (κ3) is 2.18. The number of hydrogen-bond donors (Lipinski definition) is 0. The maximum absolute atomic E-state index is 10.4. The van der Waals surface area contributed by atoms with Crippen LogP contribution in [-0.4, -0.2) is 26.2 Å². The van der Waals surface area contributed by atoms with Crippen LogP contribution in [0, 0.1) is 10.1 Å². The first-order valence-corrected chi connectivity index (χ1v) is 5.33. The highest BCUT2D eigenvalue weighted by Gasteiger charge is 2.10. The second-order valence-electron chi connectivity index (χ2n) is 3.63. The number of fused-ring (bicyclic) bond motifs is 1. The molecular weight excluding hydrogens is 250 g/mol. The summed E-state index contributed by atoms with van der Waals surface area (Å²) in [5.41, 5.74) is 1.43. The van der Waals surface area contributed by atoms with Gasteiger partial charge in [0.05, 0.1) is 12.3 Å². The molecule has 3 aromatic rings. The predicted molar refractivity (Wildman–Crippen MR) is 65.9 cm³/mol. The molecule has 0 spiro atoms. The van der Waals surface area contributed by atoms with Gasteiger partial charge in [0.1, 0.15) is 16.0 Å². The molecule has 2 aromatic heterocycles. The zero-order valence-corrected chi connectivity index (χ0v) is 9.50. The normalized spacial score (nSPS) is 11.4. The van der Waals surface area contributed by atoms with E-state index in [1.165, 1.54) is 18.3 Å². The number of nitrogens with zero attached hydrogens (tertiary/aromatic N) is 5. The van der Waals surface area contributed by atoms with E-state index in [4.69, 9.17) is 4.42 Å². The average molecular weight is 257 g/mol. The van der Waals surface area contributed by atoms with Crippen LogP contribution in [0.5, 0.6) is 0 Å². The van der Waals surface area contributed by atoms with Crippen LogP contribution in [0.1, 0.15) is 5.76 Å². The lowest BCUT2D eigenvalue weighted by molar-refractivity contribution is -0.402. The fraction of sp³-hybridized carbons (Fsp3) is 0. The van der Waals surface area contributed by atoms with Gasteiger partial charge in [-0.25, -0.2) is 0 Å². The first-order valence-electron chi connectivity index (χ1n) is 5.33. The Labute approximate surface area is 106 Å². The lowest BCUT2D eigenvalue weighted by Gasteiger charge is -1.85. The van der Waals surface area contributed by atoms with Crippen LogP contribution < -0.4 is 0 Å². The Morgan fingerprint density at radius 1 is 1.21 bits per heavy atom. The van der Waals surface area contributed by atoms with Crippen LogP contribution in [0.4, 0.5) is 5.88 Å². The van der Waals surface area contributed by atoms with E-state index in [1.54, 1.807) is 0 Å². The molecule has 0 aliphatic carbocycles. The van der Waals surface area contributed by atoms with E-state index >= 15 is 0 Å². The molecule has 0 N–H and O–H groups in total. The number of rotatable bonds is 3. The Bertz CT molecular complexity index is 740. The molecule has 0 aliphatic rings. The molecule has 8 nitrogen and oxygen atoms in total. The molecule has 0 radical (unpaired) electrons. The first-order chi connectivity index (χ1) is 9.22. The molecule has 1 aromatic carbocycles.